The molecule has 132 valence electrons. The quantitative estimate of drug-likeness (QED) is 0.843. The Bertz CT molecular complexity index is 613. The number of hydrogen-bond donors (Lipinski definition) is 1. The van der Waals surface area contributed by atoms with E-state index in [0.29, 0.717) is 36.4 Å². The van der Waals surface area contributed by atoms with Gasteiger partial charge in [-0.3, -0.25) is 4.79 Å². The van der Waals surface area contributed by atoms with E-state index in [-0.39, 0.29) is 36.1 Å². The number of nitrogens with zero attached hydrogens (tertiary/aromatic N) is 1. The van der Waals surface area contributed by atoms with Crippen LogP contribution in [0, 0.1) is 23.6 Å². The van der Waals surface area contributed by atoms with Crippen molar-refractivity contribution in [1.29, 1.82) is 0 Å². The van der Waals surface area contributed by atoms with Crippen molar-refractivity contribution in [3.05, 3.63) is 24.0 Å². The third-order valence-electron chi connectivity index (χ3n) is 5.81. The fourth-order valence-corrected chi connectivity index (χ4v) is 4.63. The minimum Gasteiger partial charge on any atom is -0.489 e. The first-order valence-corrected chi connectivity index (χ1v) is 8.63. The summed E-state index contributed by atoms with van der Waals surface area (Å²) in [5, 5.41) is 0. The molecular weight excluding hydrogens is 331 g/mol. The van der Waals surface area contributed by atoms with Gasteiger partial charge in [-0.1, -0.05) is 6.42 Å². The fraction of sp³-hybridized carbons (Fsp3) is 0.611. The summed E-state index contributed by atoms with van der Waals surface area (Å²) in [6, 6.07) is 4.66. The third-order valence-corrected chi connectivity index (χ3v) is 5.81. The van der Waals surface area contributed by atoms with E-state index < -0.39 is 0 Å². The predicted octanol–water partition coefficient (Wildman–Crippen LogP) is 3.13. The molecule has 4 rings (SSSR count). The summed E-state index contributed by atoms with van der Waals surface area (Å²) in [5.74, 6) is 1.29. The second-order valence-corrected chi connectivity index (χ2v) is 7.15. The van der Waals surface area contributed by atoms with E-state index in [1.807, 2.05) is 0 Å². The lowest BCUT2D eigenvalue weighted by atomic mass is 9.65. The Kier molecular flexibility index (Phi) is 5.02. The normalized spacial score (nSPS) is 31.5. The van der Waals surface area contributed by atoms with Gasteiger partial charge in [0.15, 0.2) is 0 Å². The summed E-state index contributed by atoms with van der Waals surface area (Å²) < 4.78 is 18.9. The van der Waals surface area contributed by atoms with Crippen LogP contribution in [0.25, 0.3) is 0 Å². The van der Waals surface area contributed by atoms with Crippen molar-refractivity contribution >= 4 is 24.0 Å². The Morgan fingerprint density at radius 1 is 1.25 bits per heavy atom. The molecule has 4 nitrogen and oxygen atoms in total. The van der Waals surface area contributed by atoms with Crippen LogP contribution in [0.3, 0.4) is 0 Å². The van der Waals surface area contributed by atoms with Gasteiger partial charge in [0.1, 0.15) is 18.2 Å². The number of fused-ring (bicyclic) bond motifs is 3. The minimum atomic E-state index is -0.337. The van der Waals surface area contributed by atoms with Crippen molar-refractivity contribution in [1.82, 2.24) is 0 Å². The van der Waals surface area contributed by atoms with Crippen molar-refractivity contribution in [3.63, 3.8) is 0 Å². The van der Waals surface area contributed by atoms with Crippen LogP contribution in [0.5, 0.6) is 5.75 Å². The molecule has 3 aliphatic rings. The number of benzene rings is 1. The van der Waals surface area contributed by atoms with E-state index in [0.717, 1.165) is 25.7 Å². The first-order valence-electron chi connectivity index (χ1n) is 8.63. The molecule has 2 fully saturated rings. The van der Waals surface area contributed by atoms with E-state index in [1.54, 1.807) is 11.0 Å². The van der Waals surface area contributed by atoms with Crippen LogP contribution in [0.1, 0.15) is 32.1 Å². The van der Waals surface area contributed by atoms with Crippen LogP contribution < -0.4 is 15.4 Å². The molecule has 1 amide bonds. The number of carbonyl (C=O) groups is 1. The highest BCUT2D eigenvalue weighted by molar-refractivity contribution is 5.97. The van der Waals surface area contributed by atoms with Gasteiger partial charge >= 0.3 is 0 Å². The topological polar surface area (TPSA) is 55.6 Å². The Morgan fingerprint density at radius 3 is 2.67 bits per heavy atom. The Morgan fingerprint density at radius 2 is 1.96 bits per heavy atom. The molecule has 0 radical (unpaired) electrons. The number of rotatable bonds is 1. The van der Waals surface area contributed by atoms with Crippen LogP contribution in [-0.2, 0) is 4.79 Å². The van der Waals surface area contributed by atoms with Crippen molar-refractivity contribution in [2.75, 3.05) is 18.1 Å². The summed E-state index contributed by atoms with van der Waals surface area (Å²) in [6.07, 6.45) is 5.32. The number of halogens is 2. The van der Waals surface area contributed by atoms with E-state index in [1.165, 1.54) is 18.6 Å². The molecule has 0 aromatic heterocycles. The van der Waals surface area contributed by atoms with Gasteiger partial charge in [-0.2, -0.15) is 0 Å². The molecule has 6 heteroatoms. The first kappa shape index (κ1) is 17.5. The van der Waals surface area contributed by atoms with Gasteiger partial charge in [-0.25, -0.2) is 4.39 Å². The number of anilines is 1. The smallest absolute Gasteiger partial charge is 0.230 e. The molecular formula is C18H24ClFN2O2. The van der Waals surface area contributed by atoms with Crippen LogP contribution in [-0.4, -0.2) is 25.1 Å². The highest BCUT2D eigenvalue weighted by atomic mass is 35.5. The van der Waals surface area contributed by atoms with Crippen molar-refractivity contribution < 1.29 is 13.9 Å². The maximum atomic E-state index is 13.4. The molecule has 2 aliphatic carbocycles. The molecule has 1 aromatic rings. The van der Waals surface area contributed by atoms with Gasteiger partial charge in [0, 0.05) is 18.0 Å². The molecule has 0 spiro atoms. The van der Waals surface area contributed by atoms with E-state index in [4.69, 9.17) is 10.5 Å². The van der Waals surface area contributed by atoms with Gasteiger partial charge in [0.05, 0.1) is 12.2 Å². The van der Waals surface area contributed by atoms with E-state index in [2.05, 4.69) is 0 Å². The van der Waals surface area contributed by atoms with Gasteiger partial charge in [0.2, 0.25) is 5.91 Å². The molecule has 2 saturated carbocycles. The molecule has 24 heavy (non-hydrogen) atoms. The van der Waals surface area contributed by atoms with Crippen LogP contribution >= 0.6 is 12.4 Å². The average Bonchev–Trinajstić information content (AvgIpc) is 2.53. The second kappa shape index (κ2) is 6.89. The first-order chi connectivity index (χ1) is 11.1. The molecule has 0 saturated heterocycles. The molecule has 2 unspecified atom stereocenters. The fourth-order valence-electron chi connectivity index (χ4n) is 4.63. The monoisotopic (exact) mass is 354 g/mol. The molecule has 2 N–H and O–H groups in total. The second-order valence-electron chi connectivity index (χ2n) is 7.15. The third kappa shape index (κ3) is 3.00. The van der Waals surface area contributed by atoms with Crippen LogP contribution in [0.15, 0.2) is 18.2 Å². The van der Waals surface area contributed by atoms with Crippen LogP contribution in [0.4, 0.5) is 10.1 Å². The van der Waals surface area contributed by atoms with Crippen LogP contribution in [0.2, 0.25) is 0 Å². The number of nitrogens with two attached hydrogens (primary N) is 1. The van der Waals surface area contributed by atoms with Gasteiger partial charge in [-0.15, -0.1) is 12.4 Å². The number of amides is 1. The summed E-state index contributed by atoms with van der Waals surface area (Å²) in [5.41, 5.74) is 7.03. The summed E-state index contributed by atoms with van der Waals surface area (Å²) in [7, 11) is 0. The van der Waals surface area contributed by atoms with Gasteiger partial charge in [0.25, 0.3) is 0 Å². The zero-order valence-electron chi connectivity index (χ0n) is 13.6. The zero-order valence-corrected chi connectivity index (χ0v) is 14.4. The molecule has 1 heterocycles. The lowest BCUT2D eigenvalue weighted by molar-refractivity contribution is -0.125. The Hall–Kier alpha value is -1.33. The highest BCUT2D eigenvalue weighted by Crippen LogP contribution is 2.43. The maximum absolute atomic E-state index is 13.4. The van der Waals surface area contributed by atoms with Gasteiger partial charge < -0.3 is 15.4 Å². The summed E-state index contributed by atoms with van der Waals surface area (Å²) in [6.45, 7) is 0.955. The molecule has 1 aromatic carbocycles. The van der Waals surface area contributed by atoms with Gasteiger partial charge in [-0.05, 0) is 49.7 Å². The molecule has 1 aliphatic heterocycles. The lowest BCUT2D eigenvalue weighted by Gasteiger charge is -2.44. The standard InChI is InChI=1S/C18H23FN2O2.ClH/c19-14-4-5-15-16(10-14)23-7-6-21(15)18(22)13-8-11-2-1-3-12(9-13)17(11)20;/h4-5,10-13,17H,1-3,6-9,20H2;1H. The highest BCUT2D eigenvalue weighted by Gasteiger charge is 2.42. The SMILES string of the molecule is Cl.NC1C2CCCC1CC(C(=O)N1CCOc3cc(F)ccc31)C2. The van der Waals surface area contributed by atoms with Crippen molar-refractivity contribution in [2.45, 2.75) is 38.1 Å². The number of ether oxygens (including phenoxy) is 1. The predicted molar refractivity (Wildman–Crippen MR) is 93.0 cm³/mol. The Balaban J connectivity index is 0.00000169. The summed E-state index contributed by atoms with van der Waals surface area (Å²) in [4.78, 5) is 14.9. The number of carbonyl (C=O) groups excluding carboxylic acids is 1. The lowest BCUT2D eigenvalue weighted by Crippen LogP contribution is -2.50. The van der Waals surface area contributed by atoms with E-state index >= 15 is 0 Å². The maximum Gasteiger partial charge on any atom is 0.230 e. The van der Waals surface area contributed by atoms with Crippen molar-refractivity contribution in [3.8, 4) is 5.75 Å². The minimum absolute atomic E-state index is 0. The molecule has 2 bridgehead atoms. The molecule has 2 atom stereocenters. The average molecular weight is 355 g/mol. The van der Waals surface area contributed by atoms with E-state index in [9.17, 15) is 9.18 Å². The summed E-state index contributed by atoms with van der Waals surface area (Å²) >= 11 is 0. The largest absolute Gasteiger partial charge is 0.489 e. The number of hydrogen-bond acceptors (Lipinski definition) is 3. The van der Waals surface area contributed by atoms with Crippen molar-refractivity contribution in [2.24, 2.45) is 23.5 Å². The zero-order chi connectivity index (χ0) is 16.0. The Labute approximate surface area is 147 Å².